The van der Waals surface area contributed by atoms with E-state index in [4.69, 9.17) is 4.19 Å². The van der Waals surface area contributed by atoms with Gasteiger partial charge in [-0.3, -0.25) is 0 Å². The molecule has 0 spiro atoms. The van der Waals surface area contributed by atoms with Crippen LogP contribution in [0.1, 0.15) is 0 Å². The van der Waals surface area contributed by atoms with Crippen LogP contribution in [0.3, 0.4) is 0 Å². The molecule has 0 atom stereocenters. The minimum Gasteiger partial charge on any atom is 0 e. The van der Waals surface area contributed by atoms with Crippen LogP contribution >= 0.6 is 0 Å². The van der Waals surface area contributed by atoms with Gasteiger partial charge >= 0.3 is 54.3 Å². The zero-order valence-electron chi connectivity index (χ0n) is 4.85. The van der Waals surface area contributed by atoms with Gasteiger partial charge < -0.3 is 0 Å². The van der Waals surface area contributed by atoms with Gasteiger partial charge in [-0.15, -0.1) is 0 Å². The van der Waals surface area contributed by atoms with Crippen LogP contribution in [0, 0.1) is 0 Å². The second-order valence-electron chi connectivity index (χ2n) is 1.40. The van der Waals surface area contributed by atoms with E-state index in [1.165, 1.54) is 0 Å². The molecule has 0 aromatic heterocycles. The van der Waals surface area contributed by atoms with E-state index in [0.29, 0.717) is 0 Å². The number of hydrogen-bond acceptors (Lipinski definition) is 1. The fourth-order valence-electron chi connectivity index (χ4n) is 0.481. The van der Waals surface area contributed by atoms with E-state index in [2.05, 4.69) is 0 Å². The van der Waals surface area contributed by atoms with Crippen LogP contribution in [0.2, 0.25) is 0 Å². The molecule has 0 fully saturated rings. The normalized spacial score (nSPS) is 7.30. The predicted molar refractivity (Wildman–Crippen MR) is 34.0 cm³/mol. The fraction of sp³-hybridized carbons (Fsp3) is 0. The summed E-state index contributed by atoms with van der Waals surface area (Å²) in [5.74, 6) is 0. The minimum absolute atomic E-state index is 0. The molecule has 0 saturated heterocycles. The molecular formula is C6H6Ag2OSe. The summed E-state index contributed by atoms with van der Waals surface area (Å²) in [5, 5.41) is 0. The molecule has 0 heterocycles. The van der Waals surface area contributed by atoms with Crippen LogP contribution in [-0.4, -0.2) is 19.5 Å². The van der Waals surface area contributed by atoms with E-state index in [1.54, 1.807) is 0 Å². The minimum atomic E-state index is -0.332. The molecule has 0 unspecified atom stereocenters. The van der Waals surface area contributed by atoms with Gasteiger partial charge in [0, 0.05) is 44.8 Å². The predicted octanol–water partition coefficient (Wildman–Crippen LogP) is -0.0816. The van der Waals surface area contributed by atoms with Crippen molar-refractivity contribution in [3.8, 4) is 0 Å². The van der Waals surface area contributed by atoms with Crippen molar-refractivity contribution < 1.29 is 48.9 Å². The van der Waals surface area contributed by atoms with Crippen molar-refractivity contribution in [1.82, 2.24) is 0 Å². The number of benzene rings is 1. The van der Waals surface area contributed by atoms with Gasteiger partial charge in [-0.1, -0.05) is 0 Å². The zero-order chi connectivity index (χ0) is 5.82. The first-order valence-corrected chi connectivity index (χ1v) is 3.92. The van der Waals surface area contributed by atoms with Crippen LogP contribution in [0.4, 0.5) is 0 Å². The van der Waals surface area contributed by atoms with Crippen LogP contribution < -0.4 is 4.46 Å². The maximum atomic E-state index is 8.60. The van der Waals surface area contributed by atoms with E-state index in [1.807, 2.05) is 30.3 Å². The third-order valence-corrected chi connectivity index (χ3v) is 1.86. The topological polar surface area (TPSA) is 20.2 Å². The summed E-state index contributed by atoms with van der Waals surface area (Å²) in [4.78, 5) is 0. The Balaban J connectivity index is 0. The summed E-state index contributed by atoms with van der Waals surface area (Å²) >= 11 is -0.332. The first-order chi connectivity index (χ1) is 3.93. The maximum Gasteiger partial charge on any atom is 0 e. The van der Waals surface area contributed by atoms with Crippen molar-refractivity contribution in [2.45, 2.75) is 0 Å². The molecule has 0 aliphatic carbocycles. The smallest absolute Gasteiger partial charge is 0 e. The van der Waals surface area contributed by atoms with Gasteiger partial charge in [0.25, 0.3) is 0 Å². The average Bonchev–Trinajstić information content (AvgIpc) is 1.90. The standard InChI is InChI=1S/C6H6OSe.2Ag/c7-8-6-4-2-1-3-5-6;;/h1-5,7H;;. The summed E-state index contributed by atoms with van der Waals surface area (Å²) in [5.41, 5.74) is 0. The van der Waals surface area contributed by atoms with Crippen molar-refractivity contribution in [1.29, 1.82) is 0 Å². The van der Waals surface area contributed by atoms with Gasteiger partial charge in [0.05, 0.1) is 0 Å². The molecule has 0 amide bonds. The van der Waals surface area contributed by atoms with E-state index < -0.39 is 0 Å². The summed E-state index contributed by atoms with van der Waals surface area (Å²) in [6.45, 7) is 0. The molecule has 1 rings (SSSR count). The molecule has 0 aliphatic rings. The first kappa shape index (κ1) is 13.7. The van der Waals surface area contributed by atoms with Crippen molar-refractivity contribution in [2.75, 3.05) is 0 Å². The third-order valence-electron chi connectivity index (χ3n) is 0.849. The molecule has 0 aliphatic heterocycles. The molecule has 4 heteroatoms. The van der Waals surface area contributed by atoms with Crippen LogP contribution in [-0.2, 0) is 44.8 Å². The monoisotopic (exact) mass is 388 g/mol. The zero-order valence-corrected chi connectivity index (χ0v) is 9.52. The summed E-state index contributed by atoms with van der Waals surface area (Å²) in [6.07, 6.45) is 0. The van der Waals surface area contributed by atoms with Gasteiger partial charge in [-0.25, -0.2) is 0 Å². The summed E-state index contributed by atoms with van der Waals surface area (Å²) < 4.78 is 9.63. The van der Waals surface area contributed by atoms with E-state index in [9.17, 15) is 0 Å². The van der Waals surface area contributed by atoms with Gasteiger partial charge in [-0.05, 0) is 0 Å². The molecule has 1 aromatic rings. The Morgan fingerprint density at radius 2 is 1.50 bits per heavy atom. The molecule has 0 bridgehead atoms. The summed E-state index contributed by atoms with van der Waals surface area (Å²) in [6, 6.07) is 9.62. The molecule has 1 nitrogen and oxygen atoms in total. The average molecular weight is 389 g/mol. The Labute approximate surface area is 98.1 Å². The molecule has 64 valence electrons. The summed E-state index contributed by atoms with van der Waals surface area (Å²) in [7, 11) is 0. The molecule has 10 heavy (non-hydrogen) atoms. The van der Waals surface area contributed by atoms with Crippen LogP contribution in [0.5, 0.6) is 0 Å². The number of hydrogen-bond donors (Lipinski definition) is 1. The quantitative estimate of drug-likeness (QED) is 0.667. The second-order valence-corrected chi connectivity index (χ2v) is 2.78. The van der Waals surface area contributed by atoms with Crippen molar-refractivity contribution in [2.24, 2.45) is 0 Å². The van der Waals surface area contributed by atoms with Crippen molar-refractivity contribution >= 4 is 19.7 Å². The Morgan fingerprint density at radius 1 is 1.00 bits per heavy atom. The second kappa shape index (κ2) is 8.28. The van der Waals surface area contributed by atoms with Crippen molar-refractivity contribution in [3.63, 3.8) is 0 Å². The van der Waals surface area contributed by atoms with Gasteiger partial charge in [0.2, 0.25) is 0 Å². The van der Waals surface area contributed by atoms with Gasteiger partial charge in [0.15, 0.2) is 0 Å². The van der Waals surface area contributed by atoms with Gasteiger partial charge in [0.1, 0.15) is 0 Å². The third kappa shape index (κ3) is 4.91. The van der Waals surface area contributed by atoms with E-state index in [-0.39, 0.29) is 60.0 Å². The van der Waals surface area contributed by atoms with Crippen molar-refractivity contribution in [3.05, 3.63) is 30.3 Å². The Kier molecular flexibility index (Phi) is 11.4. The maximum absolute atomic E-state index is 8.60. The van der Waals surface area contributed by atoms with Gasteiger partial charge in [-0.2, -0.15) is 0 Å². The fourth-order valence-corrected chi connectivity index (χ4v) is 1.07. The largest absolute Gasteiger partial charge is 0 e. The molecule has 1 N–H and O–H groups in total. The SMILES string of the molecule is O[Se]c1ccccc1.[Ag].[Ag]. The van der Waals surface area contributed by atoms with Crippen LogP contribution in [0.25, 0.3) is 0 Å². The Morgan fingerprint density at radius 3 is 1.80 bits per heavy atom. The molecule has 1 aromatic carbocycles. The number of rotatable bonds is 1. The Bertz CT molecular complexity index is 157. The Hall–Kier alpha value is 1.18. The van der Waals surface area contributed by atoms with E-state index in [0.717, 1.165) is 4.46 Å². The molecule has 0 saturated carbocycles. The first-order valence-electron chi connectivity index (χ1n) is 2.30. The molecular weight excluding hydrogens is 383 g/mol. The van der Waals surface area contributed by atoms with E-state index >= 15 is 0 Å². The van der Waals surface area contributed by atoms with Crippen LogP contribution in [0.15, 0.2) is 30.3 Å². The molecule has 2 radical (unpaired) electrons.